The second kappa shape index (κ2) is 6.02. The van der Waals surface area contributed by atoms with Gasteiger partial charge in [0.2, 0.25) is 11.8 Å². The monoisotopic (exact) mass is 277 g/mol. The predicted molar refractivity (Wildman–Crippen MR) is 76.6 cm³/mol. The highest BCUT2D eigenvalue weighted by Crippen LogP contribution is 2.17. The Balaban J connectivity index is 1.85. The highest BCUT2D eigenvalue weighted by atomic mass is 16.5. The Bertz CT molecular complexity index is 512. The average molecular weight is 277 g/mol. The third kappa shape index (κ3) is 4.04. The van der Waals surface area contributed by atoms with Gasteiger partial charge in [-0.05, 0) is 25.1 Å². The third-order valence-corrected chi connectivity index (χ3v) is 3.02. The van der Waals surface area contributed by atoms with Crippen molar-refractivity contribution in [2.45, 2.75) is 19.4 Å². The van der Waals surface area contributed by atoms with E-state index in [-0.39, 0.29) is 24.0 Å². The number of nitrogens with one attached hydrogen (secondary N) is 3. The number of hydrogen-bond acceptors (Lipinski definition) is 4. The maximum atomic E-state index is 11.8. The molecule has 2 amide bonds. The minimum absolute atomic E-state index is 0.0164. The van der Waals surface area contributed by atoms with Gasteiger partial charge >= 0.3 is 0 Å². The lowest BCUT2D eigenvalue weighted by molar-refractivity contribution is -0.130. The maximum Gasteiger partial charge on any atom is 0.250 e. The summed E-state index contributed by atoms with van der Waals surface area (Å²) in [6.07, 6.45) is 0. The fourth-order valence-electron chi connectivity index (χ4n) is 1.89. The molecule has 1 heterocycles. The van der Waals surface area contributed by atoms with E-state index in [0.717, 1.165) is 13.1 Å². The van der Waals surface area contributed by atoms with Gasteiger partial charge in [0.15, 0.2) is 0 Å². The van der Waals surface area contributed by atoms with Crippen molar-refractivity contribution in [2.75, 3.05) is 30.3 Å². The third-order valence-electron chi connectivity index (χ3n) is 3.02. The summed E-state index contributed by atoms with van der Waals surface area (Å²) in [6, 6.07) is 6.98. The van der Waals surface area contributed by atoms with Crippen LogP contribution >= 0.6 is 0 Å². The summed E-state index contributed by atoms with van der Waals surface area (Å²) in [5.41, 5.74) is 1.03. The minimum atomic E-state index is -0.241. The van der Waals surface area contributed by atoms with Crippen LogP contribution in [0.15, 0.2) is 24.3 Å². The summed E-state index contributed by atoms with van der Waals surface area (Å²) in [6.45, 7) is 4.94. The first-order valence-corrected chi connectivity index (χ1v) is 6.49. The van der Waals surface area contributed by atoms with Crippen molar-refractivity contribution in [3.63, 3.8) is 0 Å². The fraction of sp³-hybridized carbons (Fsp3) is 0.429. The molecule has 0 aliphatic carbocycles. The Morgan fingerprint density at radius 3 is 2.50 bits per heavy atom. The summed E-state index contributed by atoms with van der Waals surface area (Å²) < 4.78 is 5.55. The zero-order chi connectivity index (χ0) is 14.6. The van der Waals surface area contributed by atoms with Crippen molar-refractivity contribution in [3.8, 4) is 0 Å². The number of hydrogen-bond donors (Lipinski definition) is 3. The van der Waals surface area contributed by atoms with Gasteiger partial charge in [0, 0.05) is 31.4 Å². The molecule has 6 nitrogen and oxygen atoms in total. The molecule has 0 radical (unpaired) electrons. The zero-order valence-electron chi connectivity index (χ0n) is 11.7. The lowest BCUT2D eigenvalue weighted by Crippen LogP contribution is -2.59. The Morgan fingerprint density at radius 2 is 1.95 bits per heavy atom. The highest BCUT2D eigenvalue weighted by Gasteiger charge is 2.32. The van der Waals surface area contributed by atoms with Crippen LogP contribution in [0.5, 0.6) is 0 Å². The SMILES string of the molecule is CC(=O)Nc1cccc(NC(=O)COC2(C)CNC2)c1. The second-order valence-electron chi connectivity index (χ2n) is 5.15. The van der Waals surface area contributed by atoms with E-state index in [4.69, 9.17) is 4.74 Å². The Labute approximate surface area is 117 Å². The number of rotatable bonds is 5. The number of amides is 2. The Hall–Kier alpha value is -1.92. The van der Waals surface area contributed by atoms with Crippen LogP contribution < -0.4 is 16.0 Å². The molecule has 6 heteroatoms. The first-order valence-electron chi connectivity index (χ1n) is 6.49. The molecule has 2 rings (SSSR count). The zero-order valence-corrected chi connectivity index (χ0v) is 11.7. The lowest BCUT2D eigenvalue weighted by atomic mass is 10.0. The summed E-state index contributed by atoms with van der Waals surface area (Å²) >= 11 is 0. The first-order chi connectivity index (χ1) is 9.47. The van der Waals surface area contributed by atoms with E-state index in [9.17, 15) is 9.59 Å². The van der Waals surface area contributed by atoms with E-state index in [0.29, 0.717) is 11.4 Å². The molecular weight excluding hydrogens is 258 g/mol. The van der Waals surface area contributed by atoms with E-state index < -0.39 is 0 Å². The maximum absolute atomic E-state index is 11.8. The van der Waals surface area contributed by atoms with Gasteiger partial charge in [-0.1, -0.05) is 6.07 Å². The van der Waals surface area contributed by atoms with E-state index in [1.807, 2.05) is 6.92 Å². The van der Waals surface area contributed by atoms with Gasteiger partial charge in [-0.3, -0.25) is 9.59 Å². The lowest BCUT2D eigenvalue weighted by Gasteiger charge is -2.38. The molecule has 0 unspecified atom stereocenters. The van der Waals surface area contributed by atoms with Crippen molar-refractivity contribution in [2.24, 2.45) is 0 Å². The van der Waals surface area contributed by atoms with Crippen molar-refractivity contribution >= 4 is 23.2 Å². The molecule has 0 saturated carbocycles. The smallest absolute Gasteiger partial charge is 0.250 e. The molecule has 0 spiro atoms. The first kappa shape index (κ1) is 14.5. The van der Waals surface area contributed by atoms with Crippen molar-refractivity contribution in [1.29, 1.82) is 0 Å². The molecule has 0 bridgehead atoms. The highest BCUT2D eigenvalue weighted by molar-refractivity contribution is 5.93. The molecule has 20 heavy (non-hydrogen) atoms. The van der Waals surface area contributed by atoms with Crippen LogP contribution in [-0.4, -0.2) is 37.1 Å². The van der Waals surface area contributed by atoms with Gasteiger partial charge in [-0.2, -0.15) is 0 Å². The predicted octanol–water partition coefficient (Wildman–Crippen LogP) is 0.962. The van der Waals surface area contributed by atoms with Gasteiger partial charge in [0.05, 0.1) is 5.60 Å². The molecule has 108 valence electrons. The fourth-order valence-corrected chi connectivity index (χ4v) is 1.89. The molecule has 0 aromatic heterocycles. The van der Waals surface area contributed by atoms with Crippen molar-refractivity contribution < 1.29 is 14.3 Å². The standard InChI is InChI=1S/C14H19N3O3/c1-10(18)16-11-4-3-5-12(6-11)17-13(19)7-20-14(2)8-15-9-14/h3-6,15H,7-9H2,1-2H3,(H,16,18)(H,17,19). The normalized spacial score (nSPS) is 16.1. The molecule has 3 N–H and O–H groups in total. The number of anilines is 2. The molecule has 0 atom stereocenters. The van der Waals surface area contributed by atoms with E-state index in [1.54, 1.807) is 24.3 Å². The number of benzene rings is 1. The molecular formula is C14H19N3O3. The molecule has 1 saturated heterocycles. The van der Waals surface area contributed by atoms with E-state index >= 15 is 0 Å². The van der Waals surface area contributed by atoms with Crippen molar-refractivity contribution in [1.82, 2.24) is 5.32 Å². The molecule has 1 aromatic rings. The summed E-state index contributed by atoms with van der Waals surface area (Å²) in [5.74, 6) is -0.361. The van der Waals surface area contributed by atoms with Gasteiger partial charge in [-0.25, -0.2) is 0 Å². The van der Waals surface area contributed by atoms with Crippen LogP contribution in [0.3, 0.4) is 0 Å². The van der Waals surface area contributed by atoms with Crippen LogP contribution in [0.2, 0.25) is 0 Å². The summed E-state index contributed by atoms with van der Waals surface area (Å²) in [4.78, 5) is 22.8. The van der Waals surface area contributed by atoms with Crippen LogP contribution in [0.1, 0.15) is 13.8 Å². The quantitative estimate of drug-likeness (QED) is 0.749. The summed E-state index contributed by atoms with van der Waals surface area (Å²) in [5, 5.41) is 8.51. The van der Waals surface area contributed by atoms with Gasteiger partial charge in [-0.15, -0.1) is 0 Å². The van der Waals surface area contributed by atoms with E-state index in [1.165, 1.54) is 6.92 Å². The second-order valence-corrected chi connectivity index (χ2v) is 5.15. The van der Waals surface area contributed by atoms with E-state index in [2.05, 4.69) is 16.0 Å². The molecule has 1 aliphatic rings. The largest absolute Gasteiger partial charge is 0.363 e. The van der Waals surface area contributed by atoms with Gasteiger partial charge in [0.25, 0.3) is 0 Å². The average Bonchev–Trinajstić information content (AvgIpc) is 2.33. The summed E-state index contributed by atoms with van der Waals surface area (Å²) in [7, 11) is 0. The molecule has 1 aromatic carbocycles. The van der Waals surface area contributed by atoms with Crippen LogP contribution in [0, 0.1) is 0 Å². The topological polar surface area (TPSA) is 79.5 Å². The number of carbonyl (C=O) groups is 2. The molecule has 1 fully saturated rings. The Kier molecular flexibility index (Phi) is 4.36. The molecule has 1 aliphatic heterocycles. The number of carbonyl (C=O) groups excluding carboxylic acids is 2. The Morgan fingerprint density at radius 1 is 1.30 bits per heavy atom. The van der Waals surface area contributed by atoms with Crippen molar-refractivity contribution in [3.05, 3.63) is 24.3 Å². The van der Waals surface area contributed by atoms with Crippen LogP contribution in [0.4, 0.5) is 11.4 Å². The van der Waals surface area contributed by atoms with Gasteiger partial charge in [0.1, 0.15) is 6.61 Å². The number of ether oxygens (including phenoxy) is 1. The van der Waals surface area contributed by atoms with Gasteiger partial charge < -0.3 is 20.7 Å². The van der Waals surface area contributed by atoms with Crippen LogP contribution in [-0.2, 0) is 14.3 Å². The van der Waals surface area contributed by atoms with Crippen LogP contribution in [0.25, 0.3) is 0 Å². The minimum Gasteiger partial charge on any atom is -0.363 e.